The number of carbonyl (C=O) groups excluding carboxylic acids is 1. The van der Waals surface area contributed by atoms with Gasteiger partial charge in [0.2, 0.25) is 0 Å². The van der Waals surface area contributed by atoms with Gasteiger partial charge in [-0.15, -0.1) is 0 Å². The molecule has 0 radical (unpaired) electrons. The molecule has 22 heavy (non-hydrogen) atoms. The SMILES string of the molecule is O=C(NCc1ccc(Br)cc1)c1cc2ccccc2oc1=O. The van der Waals surface area contributed by atoms with E-state index in [4.69, 9.17) is 4.42 Å². The Morgan fingerprint density at radius 1 is 1.09 bits per heavy atom. The van der Waals surface area contributed by atoms with Gasteiger partial charge in [-0.05, 0) is 29.8 Å². The highest BCUT2D eigenvalue weighted by molar-refractivity contribution is 9.10. The summed E-state index contributed by atoms with van der Waals surface area (Å²) in [6.07, 6.45) is 0. The number of para-hydroxylation sites is 1. The van der Waals surface area contributed by atoms with Gasteiger partial charge in [0, 0.05) is 16.4 Å². The lowest BCUT2D eigenvalue weighted by atomic mass is 10.1. The Kier molecular flexibility index (Phi) is 4.06. The van der Waals surface area contributed by atoms with Crippen LogP contribution in [-0.4, -0.2) is 5.91 Å². The van der Waals surface area contributed by atoms with E-state index in [0.29, 0.717) is 12.1 Å². The van der Waals surface area contributed by atoms with E-state index in [0.717, 1.165) is 15.4 Å². The van der Waals surface area contributed by atoms with Gasteiger partial charge >= 0.3 is 5.63 Å². The number of halogens is 1. The Bertz CT molecular complexity index is 884. The van der Waals surface area contributed by atoms with Crippen molar-refractivity contribution in [3.63, 3.8) is 0 Å². The first-order valence-corrected chi connectivity index (χ1v) is 7.48. The zero-order chi connectivity index (χ0) is 15.5. The van der Waals surface area contributed by atoms with E-state index in [-0.39, 0.29) is 5.56 Å². The lowest BCUT2D eigenvalue weighted by Crippen LogP contribution is -2.27. The third kappa shape index (κ3) is 3.09. The summed E-state index contributed by atoms with van der Waals surface area (Å²) < 4.78 is 6.13. The van der Waals surface area contributed by atoms with Gasteiger partial charge in [0.25, 0.3) is 5.91 Å². The van der Waals surface area contributed by atoms with E-state index in [1.807, 2.05) is 30.3 Å². The highest BCUT2D eigenvalue weighted by Gasteiger charge is 2.13. The smallest absolute Gasteiger partial charge is 0.349 e. The van der Waals surface area contributed by atoms with Crippen molar-refractivity contribution >= 4 is 32.8 Å². The van der Waals surface area contributed by atoms with Crippen LogP contribution in [0.25, 0.3) is 11.0 Å². The molecule has 0 atom stereocenters. The second-order valence-electron chi connectivity index (χ2n) is 4.79. The van der Waals surface area contributed by atoms with Crippen molar-refractivity contribution in [2.24, 2.45) is 0 Å². The second-order valence-corrected chi connectivity index (χ2v) is 5.71. The molecule has 3 aromatic rings. The fourth-order valence-corrected chi connectivity index (χ4v) is 2.36. The monoisotopic (exact) mass is 357 g/mol. The van der Waals surface area contributed by atoms with E-state index in [1.54, 1.807) is 24.3 Å². The van der Waals surface area contributed by atoms with E-state index in [1.165, 1.54) is 0 Å². The summed E-state index contributed by atoms with van der Waals surface area (Å²) >= 11 is 3.35. The fraction of sp³-hybridized carbons (Fsp3) is 0.0588. The van der Waals surface area contributed by atoms with Gasteiger partial charge in [-0.25, -0.2) is 4.79 Å². The zero-order valence-corrected chi connectivity index (χ0v) is 13.1. The Hall–Kier alpha value is -2.40. The molecule has 0 aliphatic heterocycles. The van der Waals surface area contributed by atoms with Gasteiger partial charge in [-0.3, -0.25) is 4.79 Å². The van der Waals surface area contributed by atoms with E-state index in [9.17, 15) is 9.59 Å². The molecule has 110 valence electrons. The largest absolute Gasteiger partial charge is 0.422 e. The van der Waals surface area contributed by atoms with Crippen LogP contribution in [0.1, 0.15) is 15.9 Å². The normalized spacial score (nSPS) is 10.6. The first-order valence-electron chi connectivity index (χ1n) is 6.69. The molecule has 0 aliphatic rings. The predicted octanol–water partition coefficient (Wildman–Crippen LogP) is 3.49. The predicted molar refractivity (Wildman–Crippen MR) is 87.8 cm³/mol. The average Bonchev–Trinajstić information content (AvgIpc) is 2.53. The Morgan fingerprint density at radius 3 is 2.59 bits per heavy atom. The molecule has 0 saturated heterocycles. The Morgan fingerprint density at radius 2 is 1.82 bits per heavy atom. The maximum atomic E-state index is 12.2. The van der Waals surface area contributed by atoms with Crippen molar-refractivity contribution in [3.8, 4) is 0 Å². The molecule has 4 nitrogen and oxygen atoms in total. The number of carbonyl (C=O) groups is 1. The number of rotatable bonds is 3. The number of hydrogen-bond donors (Lipinski definition) is 1. The molecular formula is C17H12BrNO3. The lowest BCUT2D eigenvalue weighted by Gasteiger charge is -2.05. The van der Waals surface area contributed by atoms with Crippen LogP contribution in [0.4, 0.5) is 0 Å². The molecule has 1 amide bonds. The standard InChI is InChI=1S/C17H12BrNO3/c18-13-7-5-11(6-8-13)10-19-16(20)14-9-12-3-1-2-4-15(12)22-17(14)21/h1-9H,10H2,(H,19,20). The van der Waals surface area contributed by atoms with Crippen LogP contribution >= 0.6 is 15.9 Å². The van der Waals surface area contributed by atoms with Crippen LogP contribution in [0.3, 0.4) is 0 Å². The van der Waals surface area contributed by atoms with Crippen LogP contribution < -0.4 is 10.9 Å². The van der Waals surface area contributed by atoms with Crippen LogP contribution in [0.2, 0.25) is 0 Å². The average molecular weight is 358 g/mol. The molecule has 0 fully saturated rings. The number of benzene rings is 2. The summed E-state index contributed by atoms with van der Waals surface area (Å²) in [4.78, 5) is 24.1. The summed E-state index contributed by atoms with van der Waals surface area (Å²) in [6.45, 7) is 0.346. The number of hydrogen-bond acceptors (Lipinski definition) is 3. The minimum absolute atomic E-state index is 0.0100. The van der Waals surface area contributed by atoms with E-state index < -0.39 is 11.5 Å². The van der Waals surface area contributed by atoms with Gasteiger partial charge in [0.05, 0.1) is 0 Å². The molecule has 0 saturated carbocycles. The van der Waals surface area contributed by atoms with Crippen LogP contribution in [0, 0.1) is 0 Å². The summed E-state index contributed by atoms with van der Waals surface area (Å²) in [7, 11) is 0. The van der Waals surface area contributed by atoms with Crippen molar-refractivity contribution in [1.29, 1.82) is 0 Å². The summed E-state index contributed by atoms with van der Waals surface area (Å²) in [5.74, 6) is -0.442. The molecule has 0 aliphatic carbocycles. The number of amides is 1. The van der Waals surface area contributed by atoms with Crippen molar-refractivity contribution in [2.45, 2.75) is 6.54 Å². The topological polar surface area (TPSA) is 59.3 Å². The van der Waals surface area contributed by atoms with Crippen LogP contribution in [0.15, 0.2) is 68.3 Å². The van der Waals surface area contributed by atoms with Crippen LogP contribution in [0.5, 0.6) is 0 Å². The second kappa shape index (κ2) is 6.15. The van der Waals surface area contributed by atoms with Crippen LogP contribution in [-0.2, 0) is 6.54 Å². The van der Waals surface area contributed by atoms with E-state index in [2.05, 4.69) is 21.2 Å². The van der Waals surface area contributed by atoms with Gasteiger partial charge in [0.15, 0.2) is 0 Å². The maximum Gasteiger partial charge on any atom is 0.349 e. The highest BCUT2D eigenvalue weighted by atomic mass is 79.9. The summed E-state index contributed by atoms with van der Waals surface area (Å²) in [6, 6.07) is 16.2. The minimum Gasteiger partial charge on any atom is -0.422 e. The quantitative estimate of drug-likeness (QED) is 0.730. The summed E-state index contributed by atoms with van der Waals surface area (Å²) in [5, 5.41) is 3.44. The van der Waals surface area contributed by atoms with Crippen molar-refractivity contribution in [3.05, 3.63) is 80.6 Å². The first kappa shape index (κ1) is 14.5. The summed E-state index contributed by atoms with van der Waals surface area (Å²) in [5.41, 5.74) is 0.793. The molecule has 3 rings (SSSR count). The third-order valence-electron chi connectivity index (χ3n) is 3.25. The van der Waals surface area contributed by atoms with E-state index >= 15 is 0 Å². The number of nitrogens with one attached hydrogen (secondary N) is 1. The Labute approximate surface area is 134 Å². The Balaban J connectivity index is 1.81. The zero-order valence-electron chi connectivity index (χ0n) is 11.5. The highest BCUT2D eigenvalue weighted by Crippen LogP contribution is 2.13. The molecule has 1 N–H and O–H groups in total. The fourth-order valence-electron chi connectivity index (χ4n) is 2.10. The molecule has 2 aromatic carbocycles. The molecule has 1 heterocycles. The molecule has 0 spiro atoms. The van der Waals surface area contributed by atoms with Crippen molar-refractivity contribution in [1.82, 2.24) is 5.32 Å². The molecule has 0 bridgehead atoms. The molecule has 0 unspecified atom stereocenters. The van der Waals surface area contributed by atoms with Gasteiger partial charge in [-0.1, -0.05) is 46.3 Å². The molecular weight excluding hydrogens is 346 g/mol. The molecule has 5 heteroatoms. The van der Waals surface area contributed by atoms with Crippen molar-refractivity contribution < 1.29 is 9.21 Å². The minimum atomic E-state index is -0.632. The lowest BCUT2D eigenvalue weighted by molar-refractivity contribution is 0.0947. The van der Waals surface area contributed by atoms with Gasteiger partial charge < -0.3 is 9.73 Å². The third-order valence-corrected chi connectivity index (χ3v) is 3.78. The van der Waals surface area contributed by atoms with Gasteiger partial charge in [-0.2, -0.15) is 0 Å². The first-order chi connectivity index (χ1) is 10.6. The molecule has 1 aromatic heterocycles. The maximum absolute atomic E-state index is 12.2. The van der Waals surface area contributed by atoms with Gasteiger partial charge in [0.1, 0.15) is 11.1 Å². The number of fused-ring (bicyclic) bond motifs is 1. The van der Waals surface area contributed by atoms with Crippen molar-refractivity contribution in [2.75, 3.05) is 0 Å².